The van der Waals surface area contributed by atoms with Gasteiger partial charge in [-0.25, -0.2) is 0 Å². The molecule has 2 atom stereocenters. The van der Waals surface area contributed by atoms with E-state index in [0.717, 1.165) is 38.8 Å². The molecule has 2 aliphatic rings. The third kappa shape index (κ3) is 6.27. The molecule has 8 heteroatoms. The highest BCUT2D eigenvalue weighted by Gasteiger charge is 2.26. The third-order valence-electron chi connectivity index (χ3n) is 5.22. The van der Waals surface area contributed by atoms with Crippen molar-refractivity contribution in [1.82, 2.24) is 15.5 Å². The SMILES string of the molecule is COc1cccc(OCC(=O)N2CCCC(CNC(=O)C3CCCN3)C2)c1.Cl. The molecular formula is C20H30ClN3O4. The molecule has 0 bridgehead atoms. The van der Waals surface area contributed by atoms with E-state index < -0.39 is 0 Å². The quantitative estimate of drug-likeness (QED) is 0.712. The van der Waals surface area contributed by atoms with Crippen LogP contribution >= 0.6 is 12.4 Å². The molecule has 2 saturated heterocycles. The Morgan fingerprint density at radius 1 is 1.25 bits per heavy atom. The number of hydrogen-bond donors (Lipinski definition) is 2. The van der Waals surface area contributed by atoms with Crippen LogP contribution in [-0.4, -0.2) is 62.7 Å². The van der Waals surface area contributed by atoms with Gasteiger partial charge in [-0.1, -0.05) is 6.07 Å². The fraction of sp³-hybridized carbons (Fsp3) is 0.600. The van der Waals surface area contributed by atoms with E-state index in [4.69, 9.17) is 9.47 Å². The highest BCUT2D eigenvalue weighted by molar-refractivity contribution is 5.85. The van der Waals surface area contributed by atoms with E-state index in [1.165, 1.54) is 0 Å². The normalized spacial score (nSPS) is 21.5. The summed E-state index contributed by atoms with van der Waals surface area (Å²) in [5.74, 6) is 1.67. The van der Waals surface area contributed by atoms with Crippen molar-refractivity contribution in [2.45, 2.75) is 31.7 Å². The summed E-state index contributed by atoms with van der Waals surface area (Å²) in [5.41, 5.74) is 0. The molecule has 2 amide bonds. The van der Waals surface area contributed by atoms with Gasteiger partial charge in [0.2, 0.25) is 5.91 Å². The molecule has 0 saturated carbocycles. The third-order valence-corrected chi connectivity index (χ3v) is 5.22. The fourth-order valence-electron chi connectivity index (χ4n) is 3.66. The highest BCUT2D eigenvalue weighted by Crippen LogP contribution is 2.20. The lowest BCUT2D eigenvalue weighted by molar-refractivity contribution is -0.135. The second-order valence-electron chi connectivity index (χ2n) is 7.21. The van der Waals surface area contributed by atoms with Crippen LogP contribution in [0.5, 0.6) is 11.5 Å². The van der Waals surface area contributed by atoms with E-state index in [1.807, 2.05) is 17.0 Å². The van der Waals surface area contributed by atoms with Crippen LogP contribution in [0.1, 0.15) is 25.7 Å². The molecule has 2 aliphatic heterocycles. The predicted molar refractivity (Wildman–Crippen MR) is 109 cm³/mol. The van der Waals surface area contributed by atoms with Crippen LogP contribution in [0, 0.1) is 5.92 Å². The number of ether oxygens (including phenoxy) is 2. The van der Waals surface area contributed by atoms with Crippen molar-refractivity contribution in [3.8, 4) is 11.5 Å². The Kier molecular flexibility index (Phi) is 8.86. The number of amides is 2. The van der Waals surface area contributed by atoms with E-state index in [9.17, 15) is 9.59 Å². The van der Waals surface area contributed by atoms with Gasteiger partial charge >= 0.3 is 0 Å². The van der Waals surface area contributed by atoms with Crippen LogP contribution < -0.4 is 20.1 Å². The number of piperidine rings is 1. The Hall–Kier alpha value is -1.99. The van der Waals surface area contributed by atoms with Gasteiger partial charge in [-0.15, -0.1) is 12.4 Å². The lowest BCUT2D eigenvalue weighted by Gasteiger charge is -2.33. The van der Waals surface area contributed by atoms with Crippen LogP contribution in [0.3, 0.4) is 0 Å². The van der Waals surface area contributed by atoms with Crippen molar-refractivity contribution < 1.29 is 19.1 Å². The molecule has 0 spiro atoms. The first-order valence-electron chi connectivity index (χ1n) is 9.71. The van der Waals surface area contributed by atoms with Gasteiger partial charge < -0.3 is 25.0 Å². The molecule has 2 heterocycles. The van der Waals surface area contributed by atoms with E-state index in [2.05, 4.69) is 10.6 Å². The second kappa shape index (κ2) is 11.1. The molecule has 2 N–H and O–H groups in total. The van der Waals surface area contributed by atoms with Crippen LogP contribution in [0.25, 0.3) is 0 Å². The number of carbonyl (C=O) groups excluding carboxylic acids is 2. The number of halogens is 1. The van der Waals surface area contributed by atoms with Crippen molar-refractivity contribution in [2.24, 2.45) is 5.92 Å². The molecule has 7 nitrogen and oxygen atoms in total. The molecule has 2 fully saturated rings. The van der Waals surface area contributed by atoms with Gasteiger partial charge in [-0.3, -0.25) is 9.59 Å². The van der Waals surface area contributed by atoms with Crippen molar-refractivity contribution in [1.29, 1.82) is 0 Å². The molecular weight excluding hydrogens is 382 g/mol. The van der Waals surface area contributed by atoms with Gasteiger partial charge in [0.25, 0.3) is 5.91 Å². The van der Waals surface area contributed by atoms with Crippen molar-refractivity contribution in [2.75, 3.05) is 39.9 Å². The summed E-state index contributed by atoms with van der Waals surface area (Å²) in [4.78, 5) is 26.5. The maximum absolute atomic E-state index is 12.5. The first-order chi connectivity index (χ1) is 13.2. The molecule has 1 aromatic rings. The van der Waals surface area contributed by atoms with Gasteiger partial charge in [0.1, 0.15) is 11.5 Å². The van der Waals surface area contributed by atoms with Gasteiger partial charge in [-0.2, -0.15) is 0 Å². The zero-order valence-electron chi connectivity index (χ0n) is 16.3. The van der Waals surface area contributed by atoms with Crippen LogP contribution in [0.2, 0.25) is 0 Å². The Bertz CT molecular complexity index is 652. The number of likely N-dealkylation sites (tertiary alicyclic amines) is 1. The maximum atomic E-state index is 12.5. The predicted octanol–water partition coefficient (Wildman–Crippen LogP) is 1.60. The summed E-state index contributed by atoms with van der Waals surface area (Å²) in [6.07, 6.45) is 3.94. The van der Waals surface area contributed by atoms with Crippen LogP contribution in [-0.2, 0) is 9.59 Å². The van der Waals surface area contributed by atoms with Crippen LogP contribution in [0.15, 0.2) is 24.3 Å². The summed E-state index contributed by atoms with van der Waals surface area (Å²) in [6.45, 7) is 2.96. The molecule has 156 valence electrons. The highest BCUT2D eigenvalue weighted by atomic mass is 35.5. The Labute approximate surface area is 172 Å². The molecule has 28 heavy (non-hydrogen) atoms. The summed E-state index contributed by atoms with van der Waals surface area (Å²) in [5, 5.41) is 6.25. The smallest absolute Gasteiger partial charge is 0.260 e. The molecule has 0 radical (unpaired) electrons. The Morgan fingerprint density at radius 2 is 2.07 bits per heavy atom. The number of nitrogens with one attached hydrogen (secondary N) is 2. The number of nitrogens with zero attached hydrogens (tertiary/aromatic N) is 1. The van der Waals surface area contributed by atoms with Crippen molar-refractivity contribution >= 4 is 24.2 Å². The number of hydrogen-bond acceptors (Lipinski definition) is 5. The number of rotatable bonds is 7. The lowest BCUT2D eigenvalue weighted by atomic mass is 9.97. The van der Waals surface area contributed by atoms with Gasteiger partial charge in [0.05, 0.1) is 13.2 Å². The van der Waals surface area contributed by atoms with Gasteiger partial charge in [-0.05, 0) is 50.3 Å². The minimum atomic E-state index is -0.0532. The summed E-state index contributed by atoms with van der Waals surface area (Å²) in [7, 11) is 1.60. The number of methoxy groups -OCH3 is 1. The van der Waals surface area contributed by atoms with Crippen molar-refractivity contribution in [3.05, 3.63) is 24.3 Å². The first kappa shape index (κ1) is 22.3. The Morgan fingerprint density at radius 3 is 2.82 bits per heavy atom. The second-order valence-corrected chi connectivity index (χ2v) is 7.21. The topological polar surface area (TPSA) is 79.9 Å². The maximum Gasteiger partial charge on any atom is 0.260 e. The molecule has 3 rings (SSSR count). The van der Waals surface area contributed by atoms with Gasteiger partial charge in [0.15, 0.2) is 6.61 Å². The number of carbonyl (C=O) groups is 2. The average Bonchev–Trinajstić information content (AvgIpc) is 3.25. The minimum absolute atomic E-state index is 0. The molecule has 2 unspecified atom stereocenters. The molecule has 0 aliphatic carbocycles. The van der Waals surface area contributed by atoms with Crippen molar-refractivity contribution in [3.63, 3.8) is 0 Å². The summed E-state index contributed by atoms with van der Waals surface area (Å²) < 4.78 is 10.8. The number of benzene rings is 1. The zero-order chi connectivity index (χ0) is 19.1. The summed E-state index contributed by atoms with van der Waals surface area (Å²) >= 11 is 0. The van der Waals surface area contributed by atoms with Gasteiger partial charge in [0, 0.05) is 25.7 Å². The minimum Gasteiger partial charge on any atom is -0.497 e. The summed E-state index contributed by atoms with van der Waals surface area (Å²) in [6, 6.07) is 7.18. The van der Waals surface area contributed by atoms with E-state index >= 15 is 0 Å². The van der Waals surface area contributed by atoms with E-state index in [0.29, 0.717) is 30.5 Å². The largest absolute Gasteiger partial charge is 0.497 e. The molecule has 1 aromatic carbocycles. The molecule has 0 aromatic heterocycles. The lowest BCUT2D eigenvalue weighted by Crippen LogP contribution is -2.47. The zero-order valence-corrected chi connectivity index (χ0v) is 17.1. The van der Waals surface area contributed by atoms with Crippen LogP contribution in [0.4, 0.5) is 0 Å². The standard InChI is InChI=1S/C20H29N3O4.ClH/c1-26-16-6-2-7-17(11-16)27-14-19(24)23-10-4-5-15(13-23)12-22-20(25)18-8-3-9-21-18;/h2,6-7,11,15,18,21H,3-5,8-10,12-14H2,1H3,(H,22,25);1H. The monoisotopic (exact) mass is 411 g/mol. The van der Waals surface area contributed by atoms with E-state index in [-0.39, 0.29) is 36.9 Å². The Balaban J connectivity index is 0.00000280. The average molecular weight is 412 g/mol. The van der Waals surface area contributed by atoms with E-state index in [1.54, 1.807) is 19.2 Å². The fourth-order valence-corrected chi connectivity index (χ4v) is 3.66. The first-order valence-corrected chi connectivity index (χ1v) is 9.71.